The van der Waals surface area contributed by atoms with E-state index >= 15 is 0 Å². The number of phenols is 1. The zero-order chi connectivity index (χ0) is 30.4. The molecule has 0 fully saturated rings. The molecule has 1 aromatic rings. The standard InChI is InChI=1S/C23H34N8O9/c24-13(8-11-3-5-12(32)6-4-11)19(36)29-14(2-1-7-28-23(26)27)20(37)30-15(9-17(25)33)21(38)31-16(22(39)40)10-18(34)35/h3-6,13-16,32H,1-2,7-10,24H2,(H2,25,33)(H,29,36)(H,30,37)(H,31,38)(H,34,35)(H,39,40)(H4,26,27,28). The molecular weight excluding hydrogens is 532 g/mol. The number of aliphatic imine (C=N–C) groups is 1. The predicted octanol–water partition coefficient (Wildman–Crippen LogP) is -3.80. The van der Waals surface area contributed by atoms with Crippen molar-refractivity contribution in [3.8, 4) is 5.75 Å². The lowest BCUT2D eigenvalue weighted by Crippen LogP contribution is -2.58. The second kappa shape index (κ2) is 16.1. The van der Waals surface area contributed by atoms with Crippen LogP contribution in [0.2, 0.25) is 0 Å². The van der Waals surface area contributed by atoms with Crippen molar-refractivity contribution in [3.05, 3.63) is 29.8 Å². The first-order chi connectivity index (χ1) is 18.7. The Bertz CT molecular complexity index is 1110. The average molecular weight is 567 g/mol. The van der Waals surface area contributed by atoms with Crippen molar-refractivity contribution in [3.63, 3.8) is 0 Å². The molecule has 0 heterocycles. The maximum absolute atomic E-state index is 13.1. The third-order valence-electron chi connectivity index (χ3n) is 5.34. The van der Waals surface area contributed by atoms with Gasteiger partial charge in [0.1, 0.15) is 23.9 Å². The number of amides is 4. The summed E-state index contributed by atoms with van der Waals surface area (Å²) in [5.41, 5.74) is 22.3. The topological polar surface area (TPSA) is 316 Å². The molecule has 14 N–H and O–H groups in total. The van der Waals surface area contributed by atoms with Gasteiger partial charge in [0.15, 0.2) is 5.96 Å². The van der Waals surface area contributed by atoms with Crippen LogP contribution in [0.1, 0.15) is 31.2 Å². The van der Waals surface area contributed by atoms with Gasteiger partial charge >= 0.3 is 11.9 Å². The summed E-state index contributed by atoms with van der Waals surface area (Å²) < 4.78 is 0. The van der Waals surface area contributed by atoms with E-state index < -0.39 is 72.6 Å². The molecule has 0 radical (unpaired) electrons. The van der Waals surface area contributed by atoms with Crippen molar-refractivity contribution < 1.29 is 44.1 Å². The normalized spacial score (nSPS) is 13.5. The number of carbonyl (C=O) groups is 6. The minimum Gasteiger partial charge on any atom is -0.508 e. The third-order valence-corrected chi connectivity index (χ3v) is 5.34. The fraction of sp³-hybridized carbons (Fsp3) is 0.435. The quantitative estimate of drug-likeness (QED) is 0.0493. The Morgan fingerprint density at radius 2 is 1.35 bits per heavy atom. The number of carboxylic acid groups (broad SMARTS) is 2. The summed E-state index contributed by atoms with van der Waals surface area (Å²) in [6, 6.07) is -0.0224. The molecule has 40 heavy (non-hydrogen) atoms. The van der Waals surface area contributed by atoms with E-state index in [4.69, 9.17) is 28.0 Å². The van der Waals surface area contributed by atoms with Crippen LogP contribution in [-0.2, 0) is 35.2 Å². The lowest BCUT2D eigenvalue weighted by Gasteiger charge is -2.24. The number of nitrogens with two attached hydrogens (primary N) is 4. The van der Waals surface area contributed by atoms with Crippen LogP contribution in [0.3, 0.4) is 0 Å². The molecule has 1 aromatic carbocycles. The van der Waals surface area contributed by atoms with Crippen LogP contribution in [0.4, 0.5) is 0 Å². The van der Waals surface area contributed by atoms with Crippen molar-refractivity contribution in [2.24, 2.45) is 27.9 Å². The van der Waals surface area contributed by atoms with Crippen molar-refractivity contribution >= 4 is 41.5 Å². The Morgan fingerprint density at radius 1 is 0.800 bits per heavy atom. The van der Waals surface area contributed by atoms with Gasteiger partial charge in [-0.3, -0.25) is 29.0 Å². The number of aliphatic carboxylic acids is 2. The number of benzene rings is 1. The predicted molar refractivity (Wildman–Crippen MR) is 139 cm³/mol. The van der Waals surface area contributed by atoms with Crippen molar-refractivity contribution in [2.75, 3.05) is 6.54 Å². The number of carbonyl (C=O) groups excluding carboxylic acids is 4. The van der Waals surface area contributed by atoms with Gasteiger partial charge in [0.25, 0.3) is 0 Å². The molecule has 0 saturated carbocycles. The Kier molecular flexibility index (Phi) is 13.3. The Morgan fingerprint density at radius 3 is 1.88 bits per heavy atom. The molecule has 0 aromatic heterocycles. The summed E-state index contributed by atoms with van der Waals surface area (Å²) in [5, 5.41) is 34.1. The van der Waals surface area contributed by atoms with Crippen LogP contribution in [-0.4, -0.2) is 87.6 Å². The first-order valence-corrected chi connectivity index (χ1v) is 11.9. The van der Waals surface area contributed by atoms with Crippen molar-refractivity contribution in [2.45, 2.75) is 56.3 Å². The molecule has 4 amide bonds. The molecular formula is C23H34N8O9. The highest BCUT2D eigenvalue weighted by atomic mass is 16.4. The molecule has 1 rings (SSSR count). The highest BCUT2D eigenvalue weighted by Crippen LogP contribution is 2.11. The lowest BCUT2D eigenvalue weighted by molar-refractivity contribution is -0.147. The van der Waals surface area contributed by atoms with E-state index in [-0.39, 0.29) is 37.5 Å². The molecule has 4 atom stereocenters. The van der Waals surface area contributed by atoms with E-state index in [0.29, 0.717) is 5.56 Å². The number of rotatable bonds is 17. The van der Waals surface area contributed by atoms with Gasteiger partial charge in [-0.1, -0.05) is 12.1 Å². The van der Waals surface area contributed by atoms with Gasteiger partial charge in [-0.2, -0.15) is 0 Å². The van der Waals surface area contributed by atoms with Crippen LogP contribution < -0.4 is 38.9 Å². The SMILES string of the molecule is NC(=O)CC(NC(=O)C(CCCN=C(N)N)NC(=O)C(N)Cc1ccc(O)cc1)C(=O)NC(CC(=O)O)C(=O)O. The van der Waals surface area contributed by atoms with Gasteiger partial charge in [0.2, 0.25) is 23.6 Å². The monoisotopic (exact) mass is 566 g/mol. The number of primary amides is 1. The third kappa shape index (κ3) is 12.5. The highest BCUT2D eigenvalue weighted by Gasteiger charge is 2.32. The molecule has 17 heteroatoms. The second-order valence-corrected chi connectivity index (χ2v) is 8.72. The maximum Gasteiger partial charge on any atom is 0.326 e. The summed E-state index contributed by atoms with van der Waals surface area (Å²) in [7, 11) is 0. The van der Waals surface area contributed by atoms with Gasteiger partial charge in [-0.05, 0) is 37.0 Å². The minimum atomic E-state index is -1.86. The molecule has 220 valence electrons. The van der Waals surface area contributed by atoms with Crippen LogP contribution in [0.25, 0.3) is 0 Å². The van der Waals surface area contributed by atoms with E-state index in [1.54, 1.807) is 12.1 Å². The van der Waals surface area contributed by atoms with E-state index in [1.807, 2.05) is 5.32 Å². The maximum atomic E-state index is 13.1. The summed E-state index contributed by atoms with van der Waals surface area (Å²) >= 11 is 0. The number of nitrogens with one attached hydrogen (secondary N) is 3. The number of hydrogen-bond donors (Lipinski definition) is 10. The summed E-state index contributed by atoms with van der Waals surface area (Å²) in [6.45, 7) is 0.0855. The zero-order valence-electron chi connectivity index (χ0n) is 21.4. The summed E-state index contributed by atoms with van der Waals surface area (Å²) in [4.78, 5) is 76.1. The Hall–Kier alpha value is -4.93. The van der Waals surface area contributed by atoms with Crippen LogP contribution in [0.5, 0.6) is 5.75 Å². The van der Waals surface area contributed by atoms with Crippen LogP contribution >= 0.6 is 0 Å². The molecule has 0 bridgehead atoms. The lowest BCUT2D eigenvalue weighted by atomic mass is 10.0. The first kappa shape index (κ1) is 33.1. The number of hydrogen-bond acceptors (Lipinski definition) is 9. The van der Waals surface area contributed by atoms with Gasteiger partial charge in [-0.15, -0.1) is 0 Å². The van der Waals surface area contributed by atoms with E-state index in [2.05, 4.69) is 15.6 Å². The van der Waals surface area contributed by atoms with Crippen LogP contribution in [0, 0.1) is 0 Å². The molecule has 0 aliphatic rings. The highest BCUT2D eigenvalue weighted by molar-refractivity contribution is 5.96. The number of phenolic OH excluding ortho intramolecular Hbond substituents is 1. The largest absolute Gasteiger partial charge is 0.508 e. The number of nitrogens with zero attached hydrogens (tertiary/aromatic N) is 1. The number of carboxylic acids is 2. The molecule has 0 aliphatic carbocycles. The average Bonchev–Trinajstić information content (AvgIpc) is 2.85. The van der Waals surface area contributed by atoms with Crippen molar-refractivity contribution in [1.29, 1.82) is 0 Å². The fourth-order valence-corrected chi connectivity index (χ4v) is 3.36. The van der Waals surface area contributed by atoms with Gasteiger partial charge in [0, 0.05) is 6.54 Å². The van der Waals surface area contributed by atoms with Crippen molar-refractivity contribution in [1.82, 2.24) is 16.0 Å². The van der Waals surface area contributed by atoms with E-state index in [1.165, 1.54) is 12.1 Å². The zero-order valence-corrected chi connectivity index (χ0v) is 21.4. The Balaban J connectivity index is 3.06. The van der Waals surface area contributed by atoms with E-state index in [0.717, 1.165) is 0 Å². The Labute approximate surface area is 228 Å². The molecule has 17 nitrogen and oxygen atoms in total. The summed E-state index contributed by atoms with van der Waals surface area (Å²) in [5.74, 6) is -7.26. The second-order valence-electron chi connectivity index (χ2n) is 8.72. The van der Waals surface area contributed by atoms with Gasteiger partial charge < -0.3 is 54.2 Å². The smallest absolute Gasteiger partial charge is 0.326 e. The fourth-order valence-electron chi connectivity index (χ4n) is 3.36. The van der Waals surface area contributed by atoms with Gasteiger partial charge in [0.05, 0.1) is 18.9 Å². The van der Waals surface area contributed by atoms with E-state index in [9.17, 15) is 39.0 Å². The number of guanidine groups is 1. The first-order valence-electron chi connectivity index (χ1n) is 11.9. The number of aromatic hydroxyl groups is 1. The molecule has 0 spiro atoms. The summed E-state index contributed by atoms with van der Waals surface area (Å²) in [6.07, 6.45) is -1.52. The molecule has 0 aliphatic heterocycles. The van der Waals surface area contributed by atoms with Crippen LogP contribution in [0.15, 0.2) is 29.3 Å². The molecule has 0 saturated heterocycles. The molecule has 4 unspecified atom stereocenters. The minimum absolute atomic E-state index is 0.0199. The van der Waals surface area contributed by atoms with Gasteiger partial charge in [-0.25, -0.2) is 4.79 Å².